The number of ether oxygens (including phenoxy) is 1. The Hall–Kier alpha value is -3.68. The van der Waals surface area contributed by atoms with Crippen LogP contribution in [0.25, 0.3) is 11.4 Å². The molecule has 29 heavy (non-hydrogen) atoms. The molecular weight excluding hydrogens is 370 g/mol. The lowest BCUT2D eigenvalue weighted by Crippen LogP contribution is -2.24. The molecule has 1 aromatic heterocycles. The number of methoxy groups -OCH3 is 1. The predicted octanol–water partition coefficient (Wildman–Crippen LogP) is 3.04. The first-order chi connectivity index (χ1) is 14.1. The van der Waals surface area contributed by atoms with Crippen LogP contribution in [0.5, 0.6) is 5.75 Å². The van der Waals surface area contributed by atoms with Gasteiger partial charge in [0.25, 0.3) is 5.91 Å². The Balaban J connectivity index is 1.52. The molecule has 0 spiro atoms. The number of aromatic nitrogens is 3. The lowest BCUT2D eigenvalue weighted by atomic mass is 10.1. The summed E-state index contributed by atoms with van der Waals surface area (Å²) >= 11 is 0. The number of hydrogen-bond donors (Lipinski definition) is 2. The third-order valence-electron chi connectivity index (χ3n) is 4.86. The highest BCUT2D eigenvalue weighted by atomic mass is 16.5. The fourth-order valence-electron chi connectivity index (χ4n) is 3.30. The summed E-state index contributed by atoms with van der Waals surface area (Å²) in [5.74, 6) is 1.01. The second kappa shape index (κ2) is 7.75. The van der Waals surface area contributed by atoms with E-state index in [1.165, 1.54) is 4.68 Å². The minimum atomic E-state index is -0.738. The Labute approximate surface area is 167 Å². The van der Waals surface area contributed by atoms with Crippen molar-refractivity contribution in [3.63, 3.8) is 0 Å². The summed E-state index contributed by atoms with van der Waals surface area (Å²) in [4.78, 5) is 29.3. The summed E-state index contributed by atoms with van der Waals surface area (Å²) in [7, 11) is 1.60. The van der Waals surface area contributed by atoms with Crippen LogP contribution in [0.3, 0.4) is 0 Å². The van der Waals surface area contributed by atoms with Crippen LogP contribution in [0.4, 0.5) is 11.6 Å². The molecule has 2 N–H and O–H groups in total. The second-order valence-electron chi connectivity index (χ2n) is 6.70. The molecule has 0 saturated heterocycles. The molecule has 0 fully saturated rings. The largest absolute Gasteiger partial charge is 0.497 e. The molecule has 0 bridgehead atoms. The van der Waals surface area contributed by atoms with Crippen molar-refractivity contribution in [2.24, 2.45) is 0 Å². The number of nitrogens with one attached hydrogen (secondary N) is 2. The van der Waals surface area contributed by atoms with E-state index in [9.17, 15) is 9.59 Å². The quantitative estimate of drug-likeness (QED) is 0.673. The van der Waals surface area contributed by atoms with Gasteiger partial charge in [0, 0.05) is 11.3 Å². The van der Waals surface area contributed by atoms with Crippen LogP contribution in [0, 0.1) is 0 Å². The number of fused-ring (bicyclic) bond motifs is 1. The van der Waals surface area contributed by atoms with Crippen molar-refractivity contribution in [2.45, 2.75) is 25.8 Å². The molecule has 3 aromatic rings. The Kier molecular flexibility index (Phi) is 4.99. The van der Waals surface area contributed by atoms with Crippen LogP contribution in [-0.2, 0) is 16.0 Å². The van der Waals surface area contributed by atoms with Crippen molar-refractivity contribution in [2.75, 3.05) is 17.7 Å². The SMILES string of the molecule is CCc1ccccc1NC(=O)C[C@@H]1C(=O)Nc2nc(-c3ccc(OC)cc3)nn21. The third kappa shape index (κ3) is 3.69. The lowest BCUT2D eigenvalue weighted by molar-refractivity contribution is -0.123. The van der Waals surface area contributed by atoms with Gasteiger partial charge in [-0.2, -0.15) is 4.98 Å². The van der Waals surface area contributed by atoms with Gasteiger partial charge in [0.15, 0.2) is 5.82 Å². The summed E-state index contributed by atoms with van der Waals surface area (Å²) < 4.78 is 6.64. The predicted molar refractivity (Wildman–Crippen MR) is 109 cm³/mol. The first-order valence-electron chi connectivity index (χ1n) is 9.38. The number of rotatable bonds is 6. The lowest BCUT2D eigenvalue weighted by Gasteiger charge is -2.12. The van der Waals surface area contributed by atoms with Gasteiger partial charge in [0.05, 0.1) is 13.5 Å². The highest BCUT2D eigenvalue weighted by molar-refractivity contribution is 6.01. The molecule has 1 atom stereocenters. The maximum Gasteiger partial charge on any atom is 0.252 e. The first-order valence-corrected chi connectivity index (χ1v) is 9.38. The summed E-state index contributed by atoms with van der Waals surface area (Å²) in [5.41, 5.74) is 2.60. The number of nitrogens with zero attached hydrogens (tertiary/aromatic N) is 3. The van der Waals surface area contributed by atoms with E-state index < -0.39 is 6.04 Å². The molecule has 2 amide bonds. The van der Waals surface area contributed by atoms with Gasteiger partial charge in [-0.05, 0) is 42.3 Å². The molecule has 4 rings (SSSR count). The van der Waals surface area contributed by atoms with Gasteiger partial charge in [-0.1, -0.05) is 25.1 Å². The van der Waals surface area contributed by atoms with Crippen LogP contribution in [0.15, 0.2) is 48.5 Å². The summed E-state index contributed by atoms with van der Waals surface area (Å²) in [6, 6.07) is 14.2. The van der Waals surface area contributed by atoms with E-state index >= 15 is 0 Å². The zero-order valence-corrected chi connectivity index (χ0v) is 16.2. The smallest absolute Gasteiger partial charge is 0.252 e. The van der Waals surface area contributed by atoms with Crippen molar-refractivity contribution in [1.82, 2.24) is 14.8 Å². The van der Waals surface area contributed by atoms with Crippen molar-refractivity contribution in [3.05, 3.63) is 54.1 Å². The maximum atomic E-state index is 12.6. The van der Waals surface area contributed by atoms with E-state index in [1.54, 1.807) is 7.11 Å². The summed E-state index contributed by atoms with van der Waals surface area (Å²) in [6.45, 7) is 2.03. The minimum absolute atomic E-state index is 0.0255. The van der Waals surface area contributed by atoms with Crippen molar-refractivity contribution >= 4 is 23.5 Å². The van der Waals surface area contributed by atoms with E-state index in [1.807, 2.05) is 55.5 Å². The maximum absolute atomic E-state index is 12.6. The van der Waals surface area contributed by atoms with Crippen molar-refractivity contribution in [1.29, 1.82) is 0 Å². The molecule has 1 aliphatic rings. The summed E-state index contributed by atoms with van der Waals surface area (Å²) in [6.07, 6.45) is 0.779. The van der Waals surface area contributed by atoms with Crippen LogP contribution in [0.2, 0.25) is 0 Å². The van der Waals surface area contributed by atoms with Gasteiger partial charge in [-0.15, -0.1) is 5.10 Å². The second-order valence-corrected chi connectivity index (χ2v) is 6.70. The van der Waals surface area contributed by atoms with E-state index in [0.29, 0.717) is 11.8 Å². The number of carbonyl (C=O) groups excluding carboxylic acids is 2. The number of amides is 2. The average molecular weight is 391 g/mol. The van der Waals surface area contributed by atoms with E-state index in [2.05, 4.69) is 20.7 Å². The van der Waals surface area contributed by atoms with E-state index in [4.69, 9.17) is 4.74 Å². The Morgan fingerprint density at radius 3 is 2.69 bits per heavy atom. The number of hydrogen-bond acceptors (Lipinski definition) is 5. The molecule has 1 aliphatic heterocycles. The minimum Gasteiger partial charge on any atom is -0.497 e. The number of para-hydroxylation sites is 1. The van der Waals surface area contributed by atoms with Crippen molar-refractivity contribution < 1.29 is 14.3 Å². The van der Waals surface area contributed by atoms with Gasteiger partial charge in [0.1, 0.15) is 11.8 Å². The van der Waals surface area contributed by atoms with Crippen LogP contribution >= 0.6 is 0 Å². The van der Waals surface area contributed by atoms with Crippen LogP contribution in [-0.4, -0.2) is 33.7 Å². The molecule has 2 aromatic carbocycles. The molecular formula is C21H21N5O3. The molecule has 0 radical (unpaired) electrons. The monoisotopic (exact) mass is 391 g/mol. The van der Waals surface area contributed by atoms with Gasteiger partial charge < -0.3 is 10.1 Å². The highest BCUT2D eigenvalue weighted by Gasteiger charge is 2.35. The highest BCUT2D eigenvalue weighted by Crippen LogP contribution is 2.29. The fourth-order valence-corrected chi connectivity index (χ4v) is 3.30. The van der Waals surface area contributed by atoms with Gasteiger partial charge in [0.2, 0.25) is 11.9 Å². The molecule has 148 valence electrons. The zero-order chi connectivity index (χ0) is 20.4. The van der Waals surface area contributed by atoms with Crippen LogP contribution in [0.1, 0.15) is 24.9 Å². The first kappa shape index (κ1) is 18.7. The number of anilines is 2. The molecule has 0 saturated carbocycles. The molecule has 0 unspecified atom stereocenters. The van der Waals surface area contributed by atoms with Crippen LogP contribution < -0.4 is 15.4 Å². The van der Waals surface area contributed by atoms with E-state index in [0.717, 1.165) is 29.0 Å². The number of carbonyl (C=O) groups is 2. The van der Waals surface area contributed by atoms with E-state index in [-0.39, 0.29) is 18.2 Å². The number of aryl methyl sites for hydroxylation is 1. The van der Waals surface area contributed by atoms with Crippen molar-refractivity contribution in [3.8, 4) is 17.1 Å². The molecule has 8 nitrogen and oxygen atoms in total. The van der Waals surface area contributed by atoms with Gasteiger partial charge in [-0.3, -0.25) is 14.9 Å². The van der Waals surface area contributed by atoms with Gasteiger partial charge >= 0.3 is 0 Å². The molecule has 2 heterocycles. The average Bonchev–Trinajstić information content (AvgIpc) is 3.27. The fraction of sp³-hybridized carbons (Fsp3) is 0.238. The standard InChI is InChI=1S/C21H21N5O3/c1-3-13-6-4-5-7-16(13)22-18(27)12-17-20(28)24-21-23-19(25-26(17)21)14-8-10-15(29-2)11-9-14/h4-11,17H,3,12H2,1-2H3,(H,22,27)(H,23,24,25,28)/t17-/m1/s1. The third-order valence-corrected chi connectivity index (χ3v) is 4.86. The molecule has 0 aliphatic carbocycles. The zero-order valence-electron chi connectivity index (χ0n) is 16.2. The normalized spacial score (nSPS) is 15.0. The Morgan fingerprint density at radius 2 is 1.97 bits per heavy atom. The number of benzene rings is 2. The van der Waals surface area contributed by atoms with Gasteiger partial charge in [-0.25, -0.2) is 4.68 Å². The Bertz CT molecular complexity index is 1060. The Morgan fingerprint density at radius 1 is 1.21 bits per heavy atom. The molecule has 8 heteroatoms. The topological polar surface area (TPSA) is 98.1 Å². The summed E-state index contributed by atoms with van der Waals surface area (Å²) in [5, 5.41) is 10.0.